The van der Waals surface area contributed by atoms with Gasteiger partial charge in [0.2, 0.25) is 5.91 Å². The van der Waals surface area contributed by atoms with Crippen LogP contribution in [-0.4, -0.2) is 42.1 Å². The Morgan fingerprint density at radius 2 is 2.00 bits per heavy atom. The minimum atomic E-state index is 0.0341. The quantitative estimate of drug-likeness (QED) is 0.749. The molecule has 0 aliphatic rings. The average Bonchev–Trinajstić information content (AvgIpc) is 2.59. The lowest BCUT2D eigenvalue weighted by Gasteiger charge is -2.31. The first kappa shape index (κ1) is 18.1. The predicted molar refractivity (Wildman–Crippen MR) is 95.9 cm³/mol. The van der Waals surface area contributed by atoms with Crippen LogP contribution >= 0.6 is 0 Å². The number of aryl methyl sites for hydroxylation is 1. The second kappa shape index (κ2) is 9.18. The van der Waals surface area contributed by atoms with E-state index in [1.807, 2.05) is 43.0 Å². The first-order valence-corrected chi connectivity index (χ1v) is 8.37. The van der Waals surface area contributed by atoms with Gasteiger partial charge in [-0.25, -0.2) is 0 Å². The van der Waals surface area contributed by atoms with Gasteiger partial charge in [0.05, 0.1) is 19.1 Å². The van der Waals surface area contributed by atoms with Crippen LogP contribution in [0, 0.1) is 6.92 Å². The molecule has 1 amide bonds. The van der Waals surface area contributed by atoms with E-state index in [9.17, 15) is 4.79 Å². The summed E-state index contributed by atoms with van der Waals surface area (Å²) >= 11 is 0. The van der Waals surface area contributed by atoms with Gasteiger partial charge in [0.15, 0.2) is 0 Å². The van der Waals surface area contributed by atoms with Crippen molar-refractivity contribution in [3.05, 3.63) is 65.5 Å². The van der Waals surface area contributed by atoms with E-state index in [-0.39, 0.29) is 11.9 Å². The van der Waals surface area contributed by atoms with Gasteiger partial charge in [-0.15, -0.1) is 0 Å². The standard InChI is InChI=1S/C20H26N2O2/c1-4-22(20(23)13-18-14-21-11-10-16(18)2)19(15-24-3)12-17-8-6-5-7-9-17/h5-11,14,19H,4,12-13,15H2,1-3H3. The summed E-state index contributed by atoms with van der Waals surface area (Å²) in [5.74, 6) is 0.117. The third-order valence-corrected chi connectivity index (χ3v) is 4.26. The molecule has 0 aliphatic carbocycles. The monoisotopic (exact) mass is 326 g/mol. The highest BCUT2D eigenvalue weighted by atomic mass is 16.5. The van der Waals surface area contributed by atoms with Crippen LogP contribution in [0.15, 0.2) is 48.8 Å². The van der Waals surface area contributed by atoms with Crippen LogP contribution < -0.4 is 0 Å². The SMILES string of the molecule is CCN(C(=O)Cc1cnccc1C)C(COC)Cc1ccccc1. The third-order valence-electron chi connectivity index (χ3n) is 4.26. The fourth-order valence-electron chi connectivity index (χ4n) is 2.92. The first-order valence-electron chi connectivity index (χ1n) is 8.37. The Bertz CT molecular complexity index is 643. The number of amides is 1. The topological polar surface area (TPSA) is 42.4 Å². The molecule has 4 nitrogen and oxygen atoms in total. The van der Waals surface area contributed by atoms with Crippen molar-refractivity contribution in [1.29, 1.82) is 0 Å². The van der Waals surface area contributed by atoms with Crippen LogP contribution in [0.5, 0.6) is 0 Å². The van der Waals surface area contributed by atoms with Crippen molar-refractivity contribution < 1.29 is 9.53 Å². The summed E-state index contributed by atoms with van der Waals surface area (Å²) in [6.45, 7) is 5.22. The van der Waals surface area contributed by atoms with Crippen LogP contribution in [0.4, 0.5) is 0 Å². The largest absolute Gasteiger partial charge is 0.383 e. The van der Waals surface area contributed by atoms with E-state index in [4.69, 9.17) is 4.74 Å². The average molecular weight is 326 g/mol. The number of methoxy groups -OCH3 is 1. The summed E-state index contributed by atoms with van der Waals surface area (Å²) in [6.07, 6.45) is 4.70. The van der Waals surface area contributed by atoms with Crippen molar-refractivity contribution in [2.45, 2.75) is 32.7 Å². The number of benzene rings is 1. The molecule has 0 spiro atoms. The zero-order chi connectivity index (χ0) is 17.4. The summed E-state index contributed by atoms with van der Waals surface area (Å²) in [6, 6.07) is 12.2. The van der Waals surface area contributed by atoms with Gasteiger partial charge in [-0.1, -0.05) is 30.3 Å². The number of hydrogen-bond donors (Lipinski definition) is 0. The van der Waals surface area contributed by atoms with E-state index < -0.39 is 0 Å². The van der Waals surface area contributed by atoms with Gasteiger partial charge in [-0.2, -0.15) is 0 Å². The number of aromatic nitrogens is 1. The highest BCUT2D eigenvalue weighted by molar-refractivity contribution is 5.79. The summed E-state index contributed by atoms with van der Waals surface area (Å²) in [5.41, 5.74) is 3.29. The molecule has 1 aromatic heterocycles. The lowest BCUT2D eigenvalue weighted by molar-refractivity contribution is -0.133. The van der Waals surface area contributed by atoms with Gasteiger partial charge >= 0.3 is 0 Å². The molecule has 128 valence electrons. The molecule has 2 aromatic rings. The highest BCUT2D eigenvalue weighted by Crippen LogP contribution is 2.13. The molecule has 0 saturated heterocycles. The second-order valence-corrected chi connectivity index (χ2v) is 5.96. The fraction of sp³-hybridized carbons (Fsp3) is 0.400. The summed E-state index contributed by atoms with van der Waals surface area (Å²) in [5, 5.41) is 0. The number of ether oxygens (including phenoxy) is 1. The first-order chi connectivity index (χ1) is 11.7. The minimum absolute atomic E-state index is 0.0341. The van der Waals surface area contributed by atoms with Crippen molar-refractivity contribution >= 4 is 5.91 Å². The van der Waals surface area contributed by atoms with E-state index in [2.05, 4.69) is 17.1 Å². The second-order valence-electron chi connectivity index (χ2n) is 5.96. The van der Waals surface area contributed by atoms with E-state index in [1.54, 1.807) is 19.5 Å². The normalized spacial score (nSPS) is 12.0. The highest BCUT2D eigenvalue weighted by Gasteiger charge is 2.23. The van der Waals surface area contributed by atoms with Gasteiger partial charge in [0, 0.05) is 26.0 Å². The van der Waals surface area contributed by atoms with Crippen molar-refractivity contribution in [2.75, 3.05) is 20.3 Å². The summed E-state index contributed by atoms with van der Waals surface area (Å²) in [4.78, 5) is 18.9. The maximum atomic E-state index is 12.8. The molecule has 0 saturated carbocycles. The number of hydrogen-bond acceptors (Lipinski definition) is 3. The Hall–Kier alpha value is -2.20. The number of likely N-dealkylation sites (N-methyl/N-ethyl adjacent to an activating group) is 1. The van der Waals surface area contributed by atoms with E-state index in [0.29, 0.717) is 19.6 Å². The molecule has 1 atom stereocenters. The van der Waals surface area contributed by atoms with Gasteiger partial charge in [0.1, 0.15) is 0 Å². The molecule has 1 unspecified atom stereocenters. The number of nitrogens with zero attached hydrogens (tertiary/aromatic N) is 2. The Balaban J connectivity index is 2.12. The molecule has 2 rings (SSSR count). The zero-order valence-corrected chi connectivity index (χ0v) is 14.7. The van der Waals surface area contributed by atoms with Crippen LogP contribution in [0.1, 0.15) is 23.6 Å². The van der Waals surface area contributed by atoms with E-state index in [1.165, 1.54) is 5.56 Å². The lowest BCUT2D eigenvalue weighted by Crippen LogP contribution is -2.44. The minimum Gasteiger partial charge on any atom is -0.383 e. The van der Waals surface area contributed by atoms with E-state index >= 15 is 0 Å². The van der Waals surface area contributed by atoms with Crippen molar-refractivity contribution in [1.82, 2.24) is 9.88 Å². The van der Waals surface area contributed by atoms with E-state index in [0.717, 1.165) is 17.5 Å². The van der Waals surface area contributed by atoms with Crippen molar-refractivity contribution in [3.8, 4) is 0 Å². The van der Waals surface area contributed by atoms with Gasteiger partial charge in [-0.3, -0.25) is 9.78 Å². The number of carbonyl (C=O) groups is 1. The fourth-order valence-corrected chi connectivity index (χ4v) is 2.92. The van der Waals surface area contributed by atoms with Gasteiger partial charge in [-0.05, 0) is 43.0 Å². The number of carbonyl (C=O) groups excluding carboxylic acids is 1. The van der Waals surface area contributed by atoms with Crippen molar-refractivity contribution in [3.63, 3.8) is 0 Å². The molecule has 0 bridgehead atoms. The molecule has 0 N–H and O–H groups in total. The summed E-state index contributed by atoms with van der Waals surface area (Å²) in [7, 11) is 1.68. The molecule has 24 heavy (non-hydrogen) atoms. The maximum Gasteiger partial charge on any atom is 0.227 e. The number of rotatable bonds is 8. The molecule has 4 heteroatoms. The molecule has 1 heterocycles. The molecular formula is C20H26N2O2. The molecular weight excluding hydrogens is 300 g/mol. The van der Waals surface area contributed by atoms with Gasteiger partial charge in [0.25, 0.3) is 0 Å². The lowest BCUT2D eigenvalue weighted by atomic mass is 10.0. The summed E-state index contributed by atoms with van der Waals surface area (Å²) < 4.78 is 5.38. The maximum absolute atomic E-state index is 12.8. The predicted octanol–water partition coefficient (Wildman–Crippen LogP) is 3.04. The van der Waals surface area contributed by atoms with Crippen molar-refractivity contribution in [2.24, 2.45) is 0 Å². The van der Waals surface area contributed by atoms with Crippen LogP contribution in [0.2, 0.25) is 0 Å². The molecule has 0 fully saturated rings. The molecule has 1 aromatic carbocycles. The van der Waals surface area contributed by atoms with Crippen LogP contribution in [0.3, 0.4) is 0 Å². The smallest absolute Gasteiger partial charge is 0.227 e. The Kier molecular flexibility index (Phi) is 6.94. The Morgan fingerprint density at radius 3 is 2.62 bits per heavy atom. The zero-order valence-electron chi connectivity index (χ0n) is 14.7. The van der Waals surface area contributed by atoms with Gasteiger partial charge < -0.3 is 9.64 Å². The Morgan fingerprint density at radius 1 is 1.25 bits per heavy atom. The Labute approximate surface area is 144 Å². The molecule has 0 radical (unpaired) electrons. The van der Waals surface area contributed by atoms with Crippen LogP contribution in [-0.2, 0) is 22.4 Å². The molecule has 0 aliphatic heterocycles. The number of pyridine rings is 1. The van der Waals surface area contributed by atoms with Crippen LogP contribution in [0.25, 0.3) is 0 Å². The third kappa shape index (κ3) is 4.90.